The molecule has 5 heteroatoms. The third-order valence-corrected chi connectivity index (χ3v) is 5.18. The van der Waals surface area contributed by atoms with Gasteiger partial charge in [-0.15, -0.1) is 0 Å². The predicted molar refractivity (Wildman–Crippen MR) is 90.9 cm³/mol. The van der Waals surface area contributed by atoms with Gasteiger partial charge in [0.05, 0.1) is 5.52 Å². The Hall–Kier alpha value is -1.33. The second kappa shape index (κ2) is 6.84. The molecule has 0 saturated carbocycles. The molecule has 1 saturated heterocycles. The Labute approximate surface area is 133 Å². The number of halogens is 1. The highest BCUT2D eigenvalue weighted by Crippen LogP contribution is 2.21. The van der Waals surface area contributed by atoms with Gasteiger partial charge in [0, 0.05) is 23.7 Å². The van der Waals surface area contributed by atoms with Gasteiger partial charge in [0.1, 0.15) is 5.82 Å². The Balaban J connectivity index is 1.75. The molecule has 1 aliphatic rings. The summed E-state index contributed by atoms with van der Waals surface area (Å²) < 4.78 is 13.9. The fourth-order valence-corrected chi connectivity index (χ4v) is 3.97. The van der Waals surface area contributed by atoms with E-state index in [1.54, 1.807) is 18.2 Å². The minimum atomic E-state index is -0.366. The Kier molecular flexibility index (Phi) is 4.84. The zero-order chi connectivity index (χ0) is 15.5. The first-order valence-corrected chi connectivity index (χ1v) is 9.08. The standard InChI is InChI=1S/C17H21FN2OS/c1-22-11-12-5-7-20(8-6-12)10-13-9-16(21)14-3-2-4-15(18)17(14)19-13/h2-4,9,12H,5-8,10-11H2,1H3,(H,19,21). The maximum atomic E-state index is 13.9. The lowest BCUT2D eigenvalue weighted by Gasteiger charge is -2.31. The quantitative estimate of drug-likeness (QED) is 0.939. The normalized spacial score (nSPS) is 17.2. The zero-order valence-corrected chi connectivity index (χ0v) is 13.6. The summed E-state index contributed by atoms with van der Waals surface area (Å²) in [4.78, 5) is 17.6. The number of fused-ring (bicyclic) bond motifs is 1. The number of rotatable bonds is 4. The van der Waals surface area contributed by atoms with Gasteiger partial charge in [-0.2, -0.15) is 11.8 Å². The van der Waals surface area contributed by atoms with Crippen LogP contribution in [-0.4, -0.2) is 35.0 Å². The van der Waals surface area contributed by atoms with Crippen LogP contribution in [0.4, 0.5) is 4.39 Å². The molecule has 1 N–H and O–H groups in total. The number of nitrogens with one attached hydrogen (secondary N) is 1. The van der Waals surface area contributed by atoms with Crippen LogP contribution in [0.3, 0.4) is 0 Å². The molecule has 0 atom stereocenters. The maximum Gasteiger partial charge on any atom is 0.189 e. The van der Waals surface area contributed by atoms with Gasteiger partial charge in [-0.3, -0.25) is 9.69 Å². The molecule has 1 aliphatic heterocycles. The smallest absolute Gasteiger partial charge is 0.189 e. The van der Waals surface area contributed by atoms with Gasteiger partial charge < -0.3 is 4.98 Å². The number of likely N-dealkylation sites (tertiary alicyclic amines) is 1. The molecule has 0 spiro atoms. The summed E-state index contributed by atoms with van der Waals surface area (Å²) >= 11 is 1.91. The van der Waals surface area contributed by atoms with E-state index in [4.69, 9.17) is 0 Å². The van der Waals surface area contributed by atoms with E-state index >= 15 is 0 Å². The van der Waals surface area contributed by atoms with Crippen molar-refractivity contribution in [1.29, 1.82) is 0 Å². The molecule has 0 radical (unpaired) electrons. The van der Waals surface area contributed by atoms with Crippen molar-refractivity contribution < 1.29 is 4.39 Å². The van der Waals surface area contributed by atoms with E-state index in [1.165, 1.54) is 24.7 Å². The number of thioether (sulfide) groups is 1. The summed E-state index contributed by atoms with van der Waals surface area (Å²) in [7, 11) is 0. The molecule has 0 amide bonds. The number of nitrogens with zero attached hydrogens (tertiary/aromatic N) is 1. The van der Waals surface area contributed by atoms with Gasteiger partial charge in [0.2, 0.25) is 0 Å². The second-order valence-corrected chi connectivity index (χ2v) is 6.91. The fourth-order valence-electron chi connectivity index (χ4n) is 3.16. The highest BCUT2D eigenvalue weighted by atomic mass is 32.2. The number of hydrogen-bond acceptors (Lipinski definition) is 3. The van der Waals surface area contributed by atoms with E-state index in [2.05, 4.69) is 16.1 Å². The lowest BCUT2D eigenvalue weighted by molar-refractivity contribution is 0.185. The molecule has 0 aliphatic carbocycles. The van der Waals surface area contributed by atoms with Crippen molar-refractivity contribution >= 4 is 22.7 Å². The number of aromatic amines is 1. The minimum Gasteiger partial charge on any atom is -0.355 e. The van der Waals surface area contributed by atoms with Crippen LogP contribution < -0.4 is 5.43 Å². The van der Waals surface area contributed by atoms with Gasteiger partial charge in [-0.25, -0.2) is 4.39 Å². The molecule has 2 aromatic rings. The van der Waals surface area contributed by atoms with Gasteiger partial charge in [0.15, 0.2) is 5.43 Å². The summed E-state index contributed by atoms with van der Waals surface area (Å²) in [6.07, 6.45) is 4.56. The van der Waals surface area contributed by atoms with Crippen molar-refractivity contribution in [3.05, 3.63) is 46.0 Å². The molecule has 118 valence electrons. The summed E-state index contributed by atoms with van der Waals surface area (Å²) in [5, 5.41) is 0.419. The number of aromatic nitrogens is 1. The van der Waals surface area contributed by atoms with Gasteiger partial charge in [-0.05, 0) is 56.0 Å². The van der Waals surface area contributed by atoms with Crippen molar-refractivity contribution in [2.24, 2.45) is 5.92 Å². The summed E-state index contributed by atoms with van der Waals surface area (Å²) in [6, 6.07) is 6.23. The van der Waals surface area contributed by atoms with Crippen molar-refractivity contribution in [3.8, 4) is 0 Å². The van der Waals surface area contributed by atoms with Gasteiger partial charge >= 0.3 is 0 Å². The summed E-state index contributed by atoms with van der Waals surface area (Å²) in [6.45, 7) is 2.77. The maximum absolute atomic E-state index is 13.9. The van der Waals surface area contributed by atoms with E-state index in [0.717, 1.165) is 24.7 Å². The molecule has 1 aromatic heterocycles. The van der Waals surface area contributed by atoms with Crippen LogP contribution in [0.5, 0.6) is 0 Å². The second-order valence-electron chi connectivity index (χ2n) is 6.00. The first-order valence-electron chi connectivity index (χ1n) is 7.69. The lowest BCUT2D eigenvalue weighted by atomic mass is 9.99. The Morgan fingerprint density at radius 2 is 2.14 bits per heavy atom. The van der Waals surface area contributed by atoms with Crippen molar-refractivity contribution in [2.75, 3.05) is 25.1 Å². The van der Waals surface area contributed by atoms with Crippen molar-refractivity contribution in [3.63, 3.8) is 0 Å². The Morgan fingerprint density at radius 3 is 2.86 bits per heavy atom. The third kappa shape index (κ3) is 3.36. The molecule has 3 nitrogen and oxygen atoms in total. The number of benzene rings is 1. The average Bonchev–Trinajstić information content (AvgIpc) is 2.51. The van der Waals surface area contributed by atoms with E-state index in [0.29, 0.717) is 17.4 Å². The van der Waals surface area contributed by atoms with Gasteiger partial charge in [-0.1, -0.05) is 6.07 Å². The number of para-hydroxylation sites is 1. The zero-order valence-electron chi connectivity index (χ0n) is 12.8. The van der Waals surface area contributed by atoms with Crippen LogP contribution in [0.25, 0.3) is 10.9 Å². The number of pyridine rings is 1. The molecule has 3 rings (SSSR count). The Bertz CT molecular complexity index is 707. The van der Waals surface area contributed by atoms with E-state index in [1.807, 2.05) is 11.8 Å². The highest BCUT2D eigenvalue weighted by molar-refractivity contribution is 7.98. The van der Waals surface area contributed by atoms with Crippen LogP contribution in [0.1, 0.15) is 18.5 Å². The molecule has 1 aromatic carbocycles. The molecular weight excluding hydrogens is 299 g/mol. The first-order chi connectivity index (χ1) is 10.7. The monoisotopic (exact) mass is 320 g/mol. The van der Waals surface area contributed by atoms with Crippen LogP contribution >= 0.6 is 11.8 Å². The third-order valence-electron chi connectivity index (χ3n) is 4.37. The summed E-state index contributed by atoms with van der Waals surface area (Å²) in [5.41, 5.74) is 1.01. The topological polar surface area (TPSA) is 36.1 Å². The average molecular weight is 320 g/mol. The first kappa shape index (κ1) is 15.6. The largest absolute Gasteiger partial charge is 0.355 e. The molecule has 1 fully saturated rings. The number of H-pyrrole nitrogens is 1. The molecular formula is C17H21FN2OS. The predicted octanol–water partition coefficient (Wildman–Crippen LogP) is 3.24. The fraction of sp³-hybridized carbons (Fsp3) is 0.471. The lowest BCUT2D eigenvalue weighted by Crippen LogP contribution is -2.34. The van der Waals surface area contributed by atoms with E-state index in [-0.39, 0.29) is 11.2 Å². The van der Waals surface area contributed by atoms with Crippen LogP contribution in [0.15, 0.2) is 29.1 Å². The molecule has 2 heterocycles. The van der Waals surface area contributed by atoms with E-state index < -0.39 is 0 Å². The van der Waals surface area contributed by atoms with E-state index in [9.17, 15) is 9.18 Å². The Morgan fingerprint density at radius 1 is 1.36 bits per heavy atom. The van der Waals surface area contributed by atoms with Crippen molar-refractivity contribution in [1.82, 2.24) is 9.88 Å². The van der Waals surface area contributed by atoms with Crippen LogP contribution in [0, 0.1) is 11.7 Å². The SMILES string of the molecule is CSCC1CCN(Cc2cc(=O)c3cccc(F)c3[nH]2)CC1. The number of piperidine rings is 1. The molecule has 22 heavy (non-hydrogen) atoms. The van der Waals surface area contributed by atoms with Crippen LogP contribution in [-0.2, 0) is 6.54 Å². The van der Waals surface area contributed by atoms with Crippen LogP contribution in [0.2, 0.25) is 0 Å². The minimum absolute atomic E-state index is 0.111. The summed E-state index contributed by atoms with van der Waals surface area (Å²) in [5.74, 6) is 1.67. The number of hydrogen-bond donors (Lipinski definition) is 1. The van der Waals surface area contributed by atoms with Crippen molar-refractivity contribution in [2.45, 2.75) is 19.4 Å². The molecule has 0 unspecified atom stereocenters. The molecule has 0 bridgehead atoms. The highest BCUT2D eigenvalue weighted by Gasteiger charge is 2.19. The van der Waals surface area contributed by atoms with Gasteiger partial charge in [0.25, 0.3) is 0 Å².